The van der Waals surface area contributed by atoms with Crippen LogP contribution in [0.2, 0.25) is 0 Å². The number of carbonyl (C=O) groups is 2. The van der Waals surface area contributed by atoms with Crippen LogP contribution in [0.4, 0.5) is 0 Å². The zero-order valence-corrected chi connectivity index (χ0v) is 9.48. The van der Waals surface area contributed by atoms with Gasteiger partial charge >= 0.3 is 0 Å². The van der Waals surface area contributed by atoms with Gasteiger partial charge in [0.1, 0.15) is 6.29 Å². The topological polar surface area (TPSA) is 46.2 Å². The standard InChI is InChI=1S/C13H17NO2/c1-11(10-15)14-13(16)9-5-8-12-6-3-2-4-7-12/h2-4,6-7,10-11H,5,8-9H2,1H3,(H,14,16)/t11-/m0/s1. The molecule has 3 heteroatoms. The van der Waals surface area contributed by atoms with Gasteiger partial charge in [0, 0.05) is 6.42 Å². The number of aldehydes is 1. The van der Waals surface area contributed by atoms with E-state index >= 15 is 0 Å². The summed E-state index contributed by atoms with van der Waals surface area (Å²) >= 11 is 0. The summed E-state index contributed by atoms with van der Waals surface area (Å²) in [4.78, 5) is 21.7. The van der Waals surface area contributed by atoms with Gasteiger partial charge in [-0.15, -0.1) is 0 Å². The Hall–Kier alpha value is -1.64. The first-order chi connectivity index (χ1) is 7.72. The maximum atomic E-state index is 11.3. The van der Waals surface area contributed by atoms with Gasteiger partial charge in [0.05, 0.1) is 6.04 Å². The molecular weight excluding hydrogens is 202 g/mol. The van der Waals surface area contributed by atoms with E-state index in [0.717, 1.165) is 19.1 Å². The third-order valence-electron chi connectivity index (χ3n) is 2.30. The summed E-state index contributed by atoms with van der Waals surface area (Å²) in [5.41, 5.74) is 1.23. The lowest BCUT2D eigenvalue weighted by Crippen LogP contribution is -2.33. The summed E-state index contributed by atoms with van der Waals surface area (Å²) in [6, 6.07) is 9.66. The summed E-state index contributed by atoms with van der Waals surface area (Å²) in [7, 11) is 0. The number of rotatable bonds is 6. The second kappa shape index (κ2) is 6.77. The zero-order chi connectivity index (χ0) is 11.8. The van der Waals surface area contributed by atoms with Crippen molar-refractivity contribution in [1.82, 2.24) is 5.32 Å². The first-order valence-corrected chi connectivity index (χ1v) is 5.51. The Bertz CT molecular complexity index is 335. The molecule has 0 aromatic heterocycles. The van der Waals surface area contributed by atoms with Gasteiger partial charge in [-0.3, -0.25) is 4.79 Å². The van der Waals surface area contributed by atoms with Gasteiger partial charge in [0.2, 0.25) is 5.91 Å². The fourth-order valence-electron chi connectivity index (χ4n) is 1.46. The van der Waals surface area contributed by atoms with Gasteiger partial charge in [-0.1, -0.05) is 30.3 Å². The minimum Gasteiger partial charge on any atom is -0.347 e. The Balaban J connectivity index is 2.21. The van der Waals surface area contributed by atoms with Crippen molar-refractivity contribution >= 4 is 12.2 Å². The fraction of sp³-hybridized carbons (Fsp3) is 0.385. The maximum Gasteiger partial charge on any atom is 0.220 e. The number of aryl methyl sites for hydroxylation is 1. The molecule has 0 fully saturated rings. The van der Waals surface area contributed by atoms with Crippen LogP contribution >= 0.6 is 0 Å². The lowest BCUT2D eigenvalue weighted by molar-refractivity contribution is -0.123. The van der Waals surface area contributed by atoms with Crippen LogP contribution in [0.3, 0.4) is 0 Å². The summed E-state index contributed by atoms with van der Waals surface area (Å²) in [5.74, 6) is -0.0597. The Morgan fingerprint density at radius 1 is 1.38 bits per heavy atom. The molecule has 0 saturated carbocycles. The molecule has 16 heavy (non-hydrogen) atoms. The minimum atomic E-state index is -0.385. The van der Waals surface area contributed by atoms with Crippen molar-refractivity contribution in [1.29, 1.82) is 0 Å². The smallest absolute Gasteiger partial charge is 0.220 e. The summed E-state index contributed by atoms with van der Waals surface area (Å²) < 4.78 is 0. The van der Waals surface area contributed by atoms with E-state index in [0.29, 0.717) is 6.42 Å². The Morgan fingerprint density at radius 2 is 2.06 bits per heavy atom. The summed E-state index contributed by atoms with van der Waals surface area (Å²) in [6.45, 7) is 1.67. The Kier molecular flexibility index (Phi) is 5.26. The molecule has 1 rings (SSSR count). The minimum absolute atomic E-state index is 0.0597. The third kappa shape index (κ3) is 4.73. The number of carbonyl (C=O) groups excluding carboxylic acids is 2. The van der Waals surface area contributed by atoms with E-state index in [-0.39, 0.29) is 11.9 Å². The van der Waals surface area contributed by atoms with E-state index in [2.05, 4.69) is 5.32 Å². The zero-order valence-electron chi connectivity index (χ0n) is 9.48. The summed E-state index contributed by atoms with van der Waals surface area (Å²) in [6.07, 6.45) is 2.90. The molecule has 0 spiro atoms. The molecule has 86 valence electrons. The van der Waals surface area contributed by atoms with Crippen molar-refractivity contribution in [2.45, 2.75) is 32.2 Å². The van der Waals surface area contributed by atoms with Crippen LogP contribution < -0.4 is 5.32 Å². The Labute approximate surface area is 95.9 Å². The average Bonchev–Trinajstić information content (AvgIpc) is 2.30. The van der Waals surface area contributed by atoms with Crippen LogP contribution in [0, 0.1) is 0 Å². The molecule has 0 radical (unpaired) electrons. The molecule has 0 saturated heterocycles. The Morgan fingerprint density at radius 3 is 2.69 bits per heavy atom. The van der Waals surface area contributed by atoms with Gasteiger partial charge in [-0.25, -0.2) is 0 Å². The lowest BCUT2D eigenvalue weighted by atomic mass is 10.1. The van der Waals surface area contributed by atoms with Crippen LogP contribution in [-0.2, 0) is 16.0 Å². The third-order valence-corrected chi connectivity index (χ3v) is 2.30. The monoisotopic (exact) mass is 219 g/mol. The van der Waals surface area contributed by atoms with Crippen LogP contribution in [-0.4, -0.2) is 18.2 Å². The number of hydrogen-bond donors (Lipinski definition) is 1. The molecule has 0 aliphatic carbocycles. The van der Waals surface area contributed by atoms with Crippen molar-refractivity contribution in [3.05, 3.63) is 35.9 Å². The van der Waals surface area contributed by atoms with Crippen LogP contribution in [0.25, 0.3) is 0 Å². The molecule has 0 aliphatic heterocycles. The van der Waals surface area contributed by atoms with Gasteiger partial charge in [-0.05, 0) is 25.3 Å². The molecule has 1 atom stereocenters. The highest BCUT2D eigenvalue weighted by Gasteiger charge is 2.05. The molecule has 0 aliphatic rings. The van der Waals surface area contributed by atoms with Gasteiger partial charge in [-0.2, -0.15) is 0 Å². The molecular formula is C13H17NO2. The molecule has 3 nitrogen and oxygen atoms in total. The van der Waals surface area contributed by atoms with E-state index in [1.165, 1.54) is 5.56 Å². The van der Waals surface area contributed by atoms with E-state index in [9.17, 15) is 9.59 Å². The van der Waals surface area contributed by atoms with Crippen molar-refractivity contribution in [3.63, 3.8) is 0 Å². The van der Waals surface area contributed by atoms with Crippen molar-refractivity contribution in [3.8, 4) is 0 Å². The highest BCUT2D eigenvalue weighted by Crippen LogP contribution is 2.04. The predicted octanol–water partition coefficient (Wildman–Crippen LogP) is 1.71. The van der Waals surface area contributed by atoms with Crippen LogP contribution in [0.15, 0.2) is 30.3 Å². The lowest BCUT2D eigenvalue weighted by Gasteiger charge is -2.06. The van der Waals surface area contributed by atoms with E-state index < -0.39 is 0 Å². The van der Waals surface area contributed by atoms with E-state index in [1.54, 1.807) is 6.92 Å². The number of benzene rings is 1. The normalized spacial score (nSPS) is 11.8. The average molecular weight is 219 g/mol. The van der Waals surface area contributed by atoms with Crippen LogP contribution in [0.5, 0.6) is 0 Å². The van der Waals surface area contributed by atoms with Crippen LogP contribution in [0.1, 0.15) is 25.3 Å². The first-order valence-electron chi connectivity index (χ1n) is 5.51. The predicted molar refractivity (Wildman–Crippen MR) is 63.0 cm³/mol. The largest absolute Gasteiger partial charge is 0.347 e. The van der Waals surface area contributed by atoms with Gasteiger partial charge in [0.25, 0.3) is 0 Å². The molecule has 1 amide bonds. The second-order valence-corrected chi connectivity index (χ2v) is 3.83. The fourth-order valence-corrected chi connectivity index (χ4v) is 1.46. The number of hydrogen-bond acceptors (Lipinski definition) is 2. The quantitative estimate of drug-likeness (QED) is 0.740. The molecule has 1 aromatic carbocycles. The number of amides is 1. The van der Waals surface area contributed by atoms with E-state index in [4.69, 9.17) is 0 Å². The van der Waals surface area contributed by atoms with Crippen molar-refractivity contribution in [2.75, 3.05) is 0 Å². The molecule has 1 aromatic rings. The van der Waals surface area contributed by atoms with Crippen molar-refractivity contribution in [2.24, 2.45) is 0 Å². The number of nitrogens with one attached hydrogen (secondary N) is 1. The SMILES string of the molecule is C[C@@H](C=O)NC(=O)CCCc1ccccc1. The highest BCUT2D eigenvalue weighted by atomic mass is 16.2. The van der Waals surface area contributed by atoms with E-state index in [1.807, 2.05) is 30.3 Å². The van der Waals surface area contributed by atoms with Gasteiger partial charge < -0.3 is 10.1 Å². The molecule has 0 unspecified atom stereocenters. The van der Waals surface area contributed by atoms with Gasteiger partial charge in [0.15, 0.2) is 0 Å². The maximum absolute atomic E-state index is 11.3. The molecule has 1 N–H and O–H groups in total. The highest BCUT2D eigenvalue weighted by molar-refractivity contribution is 5.79. The van der Waals surface area contributed by atoms with Crippen molar-refractivity contribution < 1.29 is 9.59 Å². The molecule has 0 bridgehead atoms. The summed E-state index contributed by atoms with van der Waals surface area (Å²) in [5, 5.41) is 2.61. The molecule has 0 heterocycles. The second-order valence-electron chi connectivity index (χ2n) is 3.83. The first kappa shape index (κ1) is 12.4.